The van der Waals surface area contributed by atoms with Crippen LogP contribution in [-0.2, 0) is 0 Å². The topological polar surface area (TPSA) is 95.1 Å². The normalized spacial score (nSPS) is 9.57. The maximum absolute atomic E-state index is 12.0. The lowest BCUT2D eigenvalue weighted by Crippen LogP contribution is -2.21. The van der Waals surface area contributed by atoms with Gasteiger partial charge in [0.05, 0.1) is 6.61 Å². The Morgan fingerprint density at radius 3 is 3.00 bits per heavy atom. The molecule has 3 N–H and O–H groups in total. The Morgan fingerprint density at radius 1 is 1.38 bits per heavy atom. The average Bonchev–Trinajstić information content (AvgIpc) is 2.48. The number of aliphatic hydroxyl groups is 1. The number of hydrogen-bond acceptors (Lipinski definition) is 4. The molecule has 0 spiro atoms. The smallest absolute Gasteiger partial charge is 0.262 e. The Kier molecular flexibility index (Phi) is 4.85. The number of aromatic amines is 1. The number of anilines is 1. The number of aliphatic hydroxyl groups excluding tert-OH is 1. The van der Waals surface area contributed by atoms with Crippen molar-refractivity contribution in [3.05, 3.63) is 58.1 Å². The standard InChI is InChI=1S/C15H13N3O3/c19-9-2-1-4-11-5-3-6-14(17-11)18-15(21)12-10-16-8-7-13(12)20/h3,5-8,10,19H,2,9H2,(H,16,20)(H,17,18,21). The molecular weight excluding hydrogens is 270 g/mol. The average molecular weight is 283 g/mol. The molecule has 0 saturated carbocycles. The summed E-state index contributed by atoms with van der Waals surface area (Å²) in [4.78, 5) is 30.3. The highest BCUT2D eigenvalue weighted by molar-refractivity contribution is 6.03. The fourth-order valence-corrected chi connectivity index (χ4v) is 1.56. The minimum absolute atomic E-state index is 0.0102. The van der Waals surface area contributed by atoms with Crippen molar-refractivity contribution < 1.29 is 9.90 Å². The van der Waals surface area contributed by atoms with E-state index < -0.39 is 5.91 Å². The molecule has 0 aliphatic carbocycles. The van der Waals surface area contributed by atoms with Gasteiger partial charge in [0, 0.05) is 24.9 Å². The lowest BCUT2D eigenvalue weighted by atomic mass is 10.2. The maximum Gasteiger partial charge on any atom is 0.262 e. The van der Waals surface area contributed by atoms with Crippen LogP contribution in [0.25, 0.3) is 0 Å². The van der Waals surface area contributed by atoms with Crippen LogP contribution < -0.4 is 10.7 Å². The number of aromatic nitrogens is 2. The molecule has 2 heterocycles. The predicted molar refractivity (Wildman–Crippen MR) is 77.8 cm³/mol. The van der Waals surface area contributed by atoms with Crippen LogP contribution in [0.5, 0.6) is 0 Å². The van der Waals surface area contributed by atoms with Crippen molar-refractivity contribution in [2.45, 2.75) is 6.42 Å². The van der Waals surface area contributed by atoms with Crippen molar-refractivity contribution >= 4 is 11.7 Å². The summed E-state index contributed by atoms with van der Waals surface area (Å²) < 4.78 is 0. The van der Waals surface area contributed by atoms with E-state index in [0.29, 0.717) is 17.9 Å². The second-order valence-electron chi connectivity index (χ2n) is 4.06. The zero-order valence-corrected chi connectivity index (χ0v) is 11.1. The fourth-order valence-electron chi connectivity index (χ4n) is 1.56. The lowest BCUT2D eigenvalue weighted by molar-refractivity contribution is 0.102. The first-order chi connectivity index (χ1) is 10.2. The molecule has 0 aliphatic heterocycles. The monoisotopic (exact) mass is 283 g/mol. The van der Waals surface area contributed by atoms with E-state index in [1.54, 1.807) is 18.2 Å². The number of hydrogen-bond donors (Lipinski definition) is 3. The van der Waals surface area contributed by atoms with Crippen molar-refractivity contribution in [2.24, 2.45) is 0 Å². The van der Waals surface area contributed by atoms with Crippen molar-refractivity contribution in [1.82, 2.24) is 9.97 Å². The molecule has 0 radical (unpaired) electrons. The molecule has 1 amide bonds. The molecule has 0 bridgehead atoms. The van der Waals surface area contributed by atoms with Gasteiger partial charge in [0.1, 0.15) is 17.1 Å². The third-order valence-corrected chi connectivity index (χ3v) is 2.51. The molecule has 0 unspecified atom stereocenters. The molecule has 0 fully saturated rings. The Hall–Kier alpha value is -2.91. The van der Waals surface area contributed by atoms with Crippen molar-refractivity contribution in [3.8, 4) is 11.8 Å². The first-order valence-electron chi connectivity index (χ1n) is 6.26. The van der Waals surface area contributed by atoms with Gasteiger partial charge in [-0.25, -0.2) is 4.98 Å². The summed E-state index contributed by atoms with van der Waals surface area (Å²) in [5.41, 5.74) is 0.115. The highest BCUT2D eigenvalue weighted by Gasteiger charge is 2.10. The van der Waals surface area contributed by atoms with E-state index in [1.165, 1.54) is 18.5 Å². The van der Waals surface area contributed by atoms with E-state index in [1.807, 2.05) is 0 Å². The maximum atomic E-state index is 12.0. The van der Waals surface area contributed by atoms with Crippen LogP contribution in [0.3, 0.4) is 0 Å². The second kappa shape index (κ2) is 7.03. The van der Waals surface area contributed by atoms with Crippen molar-refractivity contribution in [2.75, 3.05) is 11.9 Å². The number of H-pyrrole nitrogens is 1. The van der Waals surface area contributed by atoms with Gasteiger partial charge in [-0.1, -0.05) is 12.0 Å². The highest BCUT2D eigenvalue weighted by atomic mass is 16.2. The molecule has 2 aromatic heterocycles. The Labute approximate surface area is 120 Å². The van der Waals surface area contributed by atoms with Crippen LogP contribution >= 0.6 is 0 Å². The molecule has 21 heavy (non-hydrogen) atoms. The SMILES string of the molecule is O=C(Nc1cccc(C#CCCO)n1)c1c[nH]ccc1=O. The molecule has 0 atom stereocenters. The molecule has 106 valence electrons. The summed E-state index contributed by atoms with van der Waals surface area (Å²) in [6, 6.07) is 6.27. The first kappa shape index (κ1) is 14.5. The Bertz CT molecular complexity index is 756. The molecule has 0 aliphatic rings. The van der Waals surface area contributed by atoms with Gasteiger partial charge in [0.25, 0.3) is 5.91 Å². The molecule has 6 heteroatoms. The highest BCUT2D eigenvalue weighted by Crippen LogP contribution is 2.05. The van der Waals surface area contributed by atoms with Gasteiger partial charge < -0.3 is 15.4 Å². The summed E-state index contributed by atoms with van der Waals surface area (Å²) in [7, 11) is 0. The molecule has 0 aromatic carbocycles. The van der Waals surface area contributed by atoms with E-state index in [-0.39, 0.29) is 17.6 Å². The minimum Gasteiger partial charge on any atom is -0.395 e. The predicted octanol–water partition coefficient (Wildman–Crippen LogP) is 0.756. The van der Waals surface area contributed by atoms with Gasteiger partial charge in [-0.05, 0) is 18.1 Å². The second-order valence-corrected chi connectivity index (χ2v) is 4.06. The molecule has 2 aromatic rings. The number of nitrogens with zero attached hydrogens (tertiary/aromatic N) is 1. The van der Waals surface area contributed by atoms with Crippen LogP contribution in [0, 0.1) is 11.8 Å². The molecule has 6 nitrogen and oxygen atoms in total. The number of carbonyl (C=O) groups excluding carboxylic acids is 1. The summed E-state index contributed by atoms with van der Waals surface area (Å²) in [6.07, 6.45) is 3.15. The number of pyridine rings is 2. The largest absolute Gasteiger partial charge is 0.395 e. The quantitative estimate of drug-likeness (QED) is 0.725. The zero-order valence-electron chi connectivity index (χ0n) is 11.1. The van der Waals surface area contributed by atoms with Gasteiger partial charge in [-0.15, -0.1) is 0 Å². The third kappa shape index (κ3) is 4.03. The third-order valence-electron chi connectivity index (χ3n) is 2.51. The summed E-state index contributed by atoms with van der Waals surface area (Å²) in [6.45, 7) is -0.0137. The number of nitrogens with one attached hydrogen (secondary N) is 2. The van der Waals surface area contributed by atoms with Gasteiger partial charge in [0.15, 0.2) is 5.43 Å². The van der Waals surface area contributed by atoms with Crippen molar-refractivity contribution in [1.29, 1.82) is 0 Å². The zero-order chi connectivity index (χ0) is 15.1. The van der Waals surface area contributed by atoms with Gasteiger partial charge in [-0.3, -0.25) is 9.59 Å². The van der Waals surface area contributed by atoms with Crippen LogP contribution in [0.2, 0.25) is 0 Å². The van der Waals surface area contributed by atoms with E-state index in [0.717, 1.165) is 0 Å². The molecular formula is C15H13N3O3. The van der Waals surface area contributed by atoms with Gasteiger partial charge >= 0.3 is 0 Å². The van der Waals surface area contributed by atoms with E-state index in [4.69, 9.17) is 5.11 Å². The number of rotatable bonds is 3. The summed E-state index contributed by atoms with van der Waals surface area (Å²) in [5, 5.41) is 11.2. The number of carbonyl (C=O) groups is 1. The summed E-state index contributed by atoms with van der Waals surface area (Å²) >= 11 is 0. The van der Waals surface area contributed by atoms with E-state index in [9.17, 15) is 9.59 Å². The first-order valence-corrected chi connectivity index (χ1v) is 6.26. The van der Waals surface area contributed by atoms with E-state index >= 15 is 0 Å². The summed E-state index contributed by atoms with van der Waals surface area (Å²) in [5.74, 6) is 5.28. The van der Waals surface area contributed by atoms with Crippen molar-refractivity contribution in [3.63, 3.8) is 0 Å². The number of amides is 1. The van der Waals surface area contributed by atoms with Crippen LogP contribution in [0.1, 0.15) is 22.5 Å². The van der Waals surface area contributed by atoms with Crippen LogP contribution in [-0.4, -0.2) is 27.6 Å². The van der Waals surface area contributed by atoms with E-state index in [2.05, 4.69) is 27.1 Å². The minimum atomic E-state index is -0.537. The van der Waals surface area contributed by atoms with Gasteiger partial charge in [-0.2, -0.15) is 0 Å². The van der Waals surface area contributed by atoms with Gasteiger partial charge in [0.2, 0.25) is 0 Å². The van der Waals surface area contributed by atoms with Crippen LogP contribution in [0.4, 0.5) is 5.82 Å². The molecule has 0 saturated heterocycles. The fraction of sp³-hybridized carbons (Fsp3) is 0.133. The van der Waals surface area contributed by atoms with Crippen LogP contribution in [0.15, 0.2) is 41.5 Å². The lowest BCUT2D eigenvalue weighted by Gasteiger charge is -2.03. The Balaban J connectivity index is 2.15. The Morgan fingerprint density at radius 2 is 2.24 bits per heavy atom. The molecule has 2 rings (SSSR count).